The molecule has 15 heavy (non-hydrogen) atoms. The number of hydrogen-bond donors (Lipinski definition) is 2. The summed E-state index contributed by atoms with van der Waals surface area (Å²) < 4.78 is 24.7. The first kappa shape index (κ1) is 11.7. The normalized spacial score (nSPS) is 11.1. The van der Waals surface area contributed by atoms with Crippen LogP contribution in [0.4, 0.5) is 0 Å². The van der Waals surface area contributed by atoms with Crippen LogP contribution in [0.3, 0.4) is 0 Å². The Bertz CT molecular complexity index is 450. The Balaban J connectivity index is 2.96. The fourth-order valence-corrected chi connectivity index (χ4v) is 1.94. The summed E-state index contributed by atoms with van der Waals surface area (Å²) in [6, 6.07) is 6.03. The Morgan fingerprint density at radius 3 is 2.33 bits per heavy atom. The third-order valence-corrected chi connectivity index (χ3v) is 3.11. The molecule has 1 aromatic rings. The topological polar surface area (TPSA) is 83.5 Å². The molecule has 0 bridgehead atoms. The maximum absolute atomic E-state index is 11.5. The van der Waals surface area contributed by atoms with Gasteiger partial charge in [0.05, 0.1) is 4.90 Å². The van der Waals surface area contributed by atoms with E-state index in [1.807, 2.05) is 6.92 Å². The number of nitrogens with one attached hydrogen (secondary N) is 1. The molecule has 0 aliphatic rings. The second-order valence-electron chi connectivity index (χ2n) is 3.00. The molecule has 1 rings (SSSR count). The minimum Gasteiger partial charge on any atom is -0.387 e. The van der Waals surface area contributed by atoms with Gasteiger partial charge in [-0.2, -0.15) is 0 Å². The lowest BCUT2D eigenvalue weighted by atomic mass is 10.2. The number of carbonyl (C=O) groups excluding carboxylic acids is 1. The molecule has 82 valence electrons. The number of rotatable bonds is 3. The van der Waals surface area contributed by atoms with Crippen LogP contribution in [0.1, 0.15) is 5.56 Å². The summed E-state index contributed by atoms with van der Waals surface area (Å²) in [5, 5.41) is 8.41. The van der Waals surface area contributed by atoms with Gasteiger partial charge in [-0.3, -0.25) is 4.79 Å². The summed E-state index contributed by atoms with van der Waals surface area (Å²) in [5.74, 6) is -0.949. The van der Waals surface area contributed by atoms with Gasteiger partial charge in [0.2, 0.25) is 0 Å². The molecule has 0 heterocycles. The minimum absolute atomic E-state index is 0.00472. The molecule has 2 N–H and O–H groups in total. The summed E-state index contributed by atoms with van der Waals surface area (Å²) in [6.07, 6.45) is 0. The molecule has 0 aliphatic heterocycles. The Hall–Kier alpha value is -1.40. The lowest BCUT2D eigenvalue weighted by molar-refractivity contribution is -0.122. The number of hydrogen-bond acceptors (Lipinski definition) is 4. The molecule has 1 amide bonds. The van der Waals surface area contributed by atoms with E-state index in [-0.39, 0.29) is 4.90 Å². The number of amides is 1. The average Bonchev–Trinajstić information content (AvgIpc) is 2.17. The third kappa shape index (κ3) is 3.03. The van der Waals surface area contributed by atoms with Crippen molar-refractivity contribution in [3.63, 3.8) is 0 Å². The maximum atomic E-state index is 11.5. The van der Waals surface area contributed by atoms with Gasteiger partial charge in [0.25, 0.3) is 15.9 Å². The molecule has 0 atom stereocenters. The van der Waals surface area contributed by atoms with E-state index in [0.717, 1.165) is 5.56 Å². The van der Waals surface area contributed by atoms with Crippen molar-refractivity contribution in [2.45, 2.75) is 11.8 Å². The SMILES string of the molecule is Cc1ccc(S(=O)(=O)NC(=O)CO)cc1. The molecule has 6 heteroatoms. The van der Waals surface area contributed by atoms with Gasteiger partial charge in [0.1, 0.15) is 6.61 Å². The predicted octanol–water partition coefficient (Wildman–Crippen LogP) is -0.208. The number of aryl methyl sites for hydroxylation is 1. The Morgan fingerprint density at radius 2 is 1.87 bits per heavy atom. The molecule has 0 aliphatic carbocycles. The maximum Gasteiger partial charge on any atom is 0.264 e. The van der Waals surface area contributed by atoms with Crippen LogP contribution in [0, 0.1) is 6.92 Å². The Morgan fingerprint density at radius 1 is 1.33 bits per heavy atom. The highest BCUT2D eigenvalue weighted by atomic mass is 32.2. The van der Waals surface area contributed by atoms with E-state index in [0.29, 0.717) is 0 Å². The van der Waals surface area contributed by atoms with Gasteiger partial charge >= 0.3 is 0 Å². The monoisotopic (exact) mass is 229 g/mol. The summed E-state index contributed by atoms with van der Waals surface area (Å²) in [6.45, 7) is 0.966. The Labute approximate surface area is 87.8 Å². The fraction of sp³-hybridized carbons (Fsp3) is 0.222. The first-order valence-electron chi connectivity index (χ1n) is 4.19. The zero-order chi connectivity index (χ0) is 11.5. The van der Waals surface area contributed by atoms with Crippen molar-refractivity contribution in [3.05, 3.63) is 29.8 Å². The highest BCUT2D eigenvalue weighted by Gasteiger charge is 2.16. The molecule has 0 saturated carbocycles. The zero-order valence-electron chi connectivity index (χ0n) is 8.10. The van der Waals surface area contributed by atoms with E-state index in [1.54, 1.807) is 16.9 Å². The summed E-state index contributed by atoms with van der Waals surface area (Å²) in [7, 11) is -3.85. The van der Waals surface area contributed by atoms with Gasteiger partial charge in [0, 0.05) is 0 Å². The van der Waals surface area contributed by atoms with Crippen LogP contribution in [0.15, 0.2) is 29.2 Å². The molecule has 0 radical (unpaired) electrons. The van der Waals surface area contributed by atoms with Crippen LogP contribution in [-0.2, 0) is 14.8 Å². The van der Waals surface area contributed by atoms with Crippen molar-refractivity contribution in [1.29, 1.82) is 0 Å². The van der Waals surface area contributed by atoms with Gasteiger partial charge in [-0.1, -0.05) is 17.7 Å². The first-order chi connectivity index (χ1) is 6.95. The number of benzene rings is 1. The van der Waals surface area contributed by atoms with Crippen molar-refractivity contribution >= 4 is 15.9 Å². The van der Waals surface area contributed by atoms with Crippen LogP contribution < -0.4 is 4.72 Å². The molecule has 1 aromatic carbocycles. The zero-order valence-corrected chi connectivity index (χ0v) is 8.91. The van der Waals surface area contributed by atoms with E-state index in [9.17, 15) is 13.2 Å². The van der Waals surface area contributed by atoms with Gasteiger partial charge in [0.15, 0.2) is 0 Å². The van der Waals surface area contributed by atoms with Crippen molar-refractivity contribution in [2.75, 3.05) is 6.61 Å². The van der Waals surface area contributed by atoms with Gasteiger partial charge in [-0.25, -0.2) is 13.1 Å². The number of aliphatic hydroxyl groups excluding tert-OH is 1. The van der Waals surface area contributed by atoms with E-state index < -0.39 is 22.5 Å². The fourth-order valence-electron chi connectivity index (χ4n) is 0.958. The minimum atomic E-state index is -3.85. The van der Waals surface area contributed by atoms with Crippen LogP contribution in [0.25, 0.3) is 0 Å². The predicted molar refractivity (Wildman–Crippen MR) is 53.6 cm³/mol. The lowest BCUT2D eigenvalue weighted by Crippen LogP contribution is -2.32. The van der Waals surface area contributed by atoms with E-state index in [2.05, 4.69) is 0 Å². The van der Waals surface area contributed by atoms with Crippen LogP contribution in [0.2, 0.25) is 0 Å². The Kier molecular flexibility index (Phi) is 3.43. The van der Waals surface area contributed by atoms with Crippen molar-refractivity contribution in [2.24, 2.45) is 0 Å². The van der Waals surface area contributed by atoms with Crippen molar-refractivity contribution in [3.8, 4) is 0 Å². The molecule has 5 nitrogen and oxygen atoms in total. The van der Waals surface area contributed by atoms with Crippen molar-refractivity contribution < 1.29 is 18.3 Å². The number of carbonyl (C=O) groups is 1. The van der Waals surface area contributed by atoms with Crippen LogP contribution in [0.5, 0.6) is 0 Å². The first-order valence-corrected chi connectivity index (χ1v) is 5.67. The number of sulfonamides is 1. The number of aliphatic hydroxyl groups is 1. The molecule has 0 fully saturated rings. The molecule has 0 unspecified atom stereocenters. The second kappa shape index (κ2) is 4.41. The van der Waals surface area contributed by atoms with Gasteiger partial charge in [-0.05, 0) is 19.1 Å². The van der Waals surface area contributed by atoms with Crippen LogP contribution >= 0.6 is 0 Å². The second-order valence-corrected chi connectivity index (χ2v) is 4.68. The molecule has 0 aromatic heterocycles. The van der Waals surface area contributed by atoms with Crippen molar-refractivity contribution in [1.82, 2.24) is 4.72 Å². The summed E-state index contributed by atoms with van der Waals surface area (Å²) in [4.78, 5) is 10.7. The lowest BCUT2D eigenvalue weighted by Gasteiger charge is -2.05. The van der Waals surface area contributed by atoms with E-state index in [4.69, 9.17) is 5.11 Å². The van der Waals surface area contributed by atoms with Crippen LogP contribution in [-0.4, -0.2) is 26.0 Å². The van der Waals surface area contributed by atoms with E-state index >= 15 is 0 Å². The molecule has 0 spiro atoms. The van der Waals surface area contributed by atoms with Gasteiger partial charge in [-0.15, -0.1) is 0 Å². The third-order valence-electron chi connectivity index (χ3n) is 1.72. The smallest absolute Gasteiger partial charge is 0.264 e. The summed E-state index contributed by atoms with van der Waals surface area (Å²) >= 11 is 0. The molecular weight excluding hydrogens is 218 g/mol. The average molecular weight is 229 g/mol. The van der Waals surface area contributed by atoms with E-state index in [1.165, 1.54) is 12.1 Å². The highest BCUT2D eigenvalue weighted by molar-refractivity contribution is 7.90. The molecule has 0 saturated heterocycles. The summed E-state index contributed by atoms with van der Waals surface area (Å²) in [5.41, 5.74) is 0.919. The highest BCUT2D eigenvalue weighted by Crippen LogP contribution is 2.09. The van der Waals surface area contributed by atoms with Gasteiger partial charge < -0.3 is 5.11 Å². The quantitative estimate of drug-likeness (QED) is 0.751. The standard InChI is InChI=1S/C9H11NO4S/c1-7-2-4-8(5-3-7)15(13,14)10-9(12)6-11/h2-5,11H,6H2,1H3,(H,10,12). The largest absolute Gasteiger partial charge is 0.387 e. The molecular formula is C9H11NO4S.